The molecule has 3 aromatic rings. The van der Waals surface area contributed by atoms with Crippen LogP contribution in [-0.2, 0) is 17.7 Å². The molecular weight excluding hydrogens is 741 g/mol. The molecule has 0 bridgehead atoms. The molecular formula is C41H51F3N8O5. The Morgan fingerprint density at radius 1 is 1.04 bits per heavy atom. The van der Waals surface area contributed by atoms with E-state index in [-0.39, 0.29) is 34.8 Å². The lowest BCUT2D eigenvalue weighted by atomic mass is 9.61. The fourth-order valence-corrected chi connectivity index (χ4v) is 9.10. The van der Waals surface area contributed by atoms with Gasteiger partial charge in [-0.3, -0.25) is 14.7 Å². The molecule has 2 saturated heterocycles. The van der Waals surface area contributed by atoms with Crippen LogP contribution in [0.25, 0.3) is 0 Å². The van der Waals surface area contributed by atoms with E-state index in [0.717, 1.165) is 68.4 Å². The number of ether oxygens (including phenoxy) is 3. The Balaban J connectivity index is 0.869. The number of alkyl halides is 2. The summed E-state index contributed by atoms with van der Waals surface area (Å²) in [6, 6.07) is 4.49. The molecule has 57 heavy (non-hydrogen) atoms. The molecule has 2 saturated carbocycles. The van der Waals surface area contributed by atoms with Gasteiger partial charge in [0.15, 0.2) is 5.82 Å². The first-order chi connectivity index (χ1) is 27.0. The van der Waals surface area contributed by atoms with E-state index >= 15 is 0 Å². The second kappa shape index (κ2) is 14.9. The van der Waals surface area contributed by atoms with Gasteiger partial charge >= 0.3 is 6.09 Å². The molecule has 3 aliphatic heterocycles. The summed E-state index contributed by atoms with van der Waals surface area (Å²) >= 11 is 0. The highest BCUT2D eigenvalue weighted by Gasteiger charge is 2.55. The van der Waals surface area contributed by atoms with Gasteiger partial charge in [-0.25, -0.2) is 22.9 Å². The number of benzene rings is 1. The summed E-state index contributed by atoms with van der Waals surface area (Å²) in [5.74, 6) is -2.26. The van der Waals surface area contributed by atoms with E-state index in [2.05, 4.69) is 25.1 Å². The maximum absolute atomic E-state index is 14.5. The quantitative estimate of drug-likeness (QED) is 0.223. The molecule has 16 heteroatoms. The molecule has 5 heterocycles. The van der Waals surface area contributed by atoms with Crippen molar-refractivity contribution in [1.29, 1.82) is 0 Å². The summed E-state index contributed by atoms with van der Waals surface area (Å²) in [6.07, 6.45) is 5.62. The number of likely N-dealkylation sites (tertiary alicyclic amines) is 1. The largest absolute Gasteiger partial charge is 0.490 e. The van der Waals surface area contributed by atoms with E-state index in [9.17, 15) is 22.8 Å². The third-order valence-electron chi connectivity index (χ3n) is 11.8. The second-order valence-electron chi connectivity index (χ2n) is 17.9. The Bertz CT molecular complexity index is 1990. The number of fused-ring (bicyclic) bond motifs is 1. The number of pyridine rings is 1. The monoisotopic (exact) mass is 792 g/mol. The van der Waals surface area contributed by atoms with Gasteiger partial charge in [-0.1, -0.05) is 0 Å². The minimum Gasteiger partial charge on any atom is -0.490 e. The molecule has 0 radical (unpaired) electrons. The molecule has 2 aliphatic carbocycles. The lowest BCUT2D eigenvalue weighted by molar-refractivity contribution is -0.120. The van der Waals surface area contributed by atoms with Gasteiger partial charge in [0.05, 0.1) is 5.56 Å². The minimum atomic E-state index is -2.83. The minimum absolute atomic E-state index is 0.0358. The molecule has 13 nitrogen and oxygen atoms in total. The van der Waals surface area contributed by atoms with Crippen molar-refractivity contribution in [3.8, 4) is 17.4 Å². The predicted octanol–water partition coefficient (Wildman–Crippen LogP) is 6.51. The zero-order chi connectivity index (χ0) is 40.3. The Morgan fingerprint density at radius 2 is 1.81 bits per heavy atom. The van der Waals surface area contributed by atoms with Crippen LogP contribution in [0.1, 0.15) is 88.3 Å². The highest BCUT2D eigenvalue weighted by Crippen LogP contribution is 2.52. The fraction of sp³-hybridized carbons (Fsp3) is 0.610. The fourth-order valence-electron chi connectivity index (χ4n) is 9.10. The lowest BCUT2D eigenvalue weighted by Gasteiger charge is -2.58. The zero-order valence-corrected chi connectivity index (χ0v) is 33.2. The molecule has 1 spiro atoms. The number of hydrogen-bond acceptors (Lipinski definition) is 11. The topological polar surface area (TPSA) is 126 Å². The van der Waals surface area contributed by atoms with Crippen LogP contribution in [0, 0.1) is 17.2 Å². The standard InChI is InChI=1S/C41H51F3N8O5/c1-25(2)52(28-15-41(43,44)16-28)37(53)30-14-27(42)6-7-33(30)56-36-35(46-24-47-48-36)51-22-40(23-51)17-29(18-40)55-34-8-11-45-32-10-12-49(21-31(32)34)19-26-9-13-50(20-26)38(54)57-39(3,4)5/h6-8,11,14,24-26,28-29H,9-10,12-13,15-23H2,1-5H3/t26-/m0/s1. The van der Waals surface area contributed by atoms with Crippen LogP contribution in [-0.4, -0.2) is 116 Å². The van der Waals surface area contributed by atoms with Crippen LogP contribution in [0.15, 0.2) is 36.8 Å². The van der Waals surface area contributed by atoms with Gasteiger partial charge in [0.2, 0.25) is 0 Å². The maximum atomic E-state index is 14.5. The summed E-state index contributed by atoms with van der Waals surface area (Å²) in [5.41, 5.74) is 1.65. The van der Waals surface area contributed by atoms with E-state index in [1.54, 1.807) is 13.8 Å². The summed E-state index contributed by atoms with van der Waals surface area (Å²) in [4.78, 5) is 43.2. The van der Waals surface area contributed by atoms with E-state index in [1.165, 1.54) is 23.4 Å². The number of nitrogens with zero attached hydrogens (tertiary/aromatic N) is 8. The van der Waals surface area contributed by atoms with Crippen LogP contribution in [0.2, 0.25) is 0 Å². The van der Waals surface area contributed by atoms with E-state index < -0.39 is 48.2 Å². The first kappa shape index (κ1) is 39.1. The summed E-state index contributed by atoms with van der Waals surface area (Å²) in [5, 5.41) is 8.08. The summed E-state index contributed by atoms with van der Waals surface area (Å²) in [6.45, 7) is 14.5. The zero-order valence-electron chi connectivity index (χ0n) is 33.2. The predicted molar refractivity (Wildman–Crippen MR) is 203 cm³/mol. The number of carbonyl (C=O) groups excluding carboxylic acids is 2. The van der Waals surface area contributed by atoms with E-state index in [4.69, 9.17) is 14.2 Å². The molecule has 1 aromatic carbocycles. The molecule has 4 fully saturated rings. The lowest BCUT2D eigenvalue weighted by Crippen LogP contribution is -2.65. The number of anilines is 1. The van der Waals surface area contributed by atoms with Gasteiger partial charge in [-0.2, -0.15) is 0 Å². The van der Waals surface area contributed by atoms with E-state index in [0.29, 0.717) is 37.9 Å². The van der Waals surface area contributed by atoms with Crippen LogP contribution >= 0.6 is 0 Å². The summed E-state index contributed by atoms with van der Waals surface area (Å²) < 4.78 is 60.5. The molecule has 2 amide bonds. The van der Waals surface area contributed by atoms with Crippen LogP contribution < -0.4 is 14.4 Å². The first-order valence-corrected chi connectivity index (χ1v) is 20.0. The number of hydrogen-bond donors (Lipinski definition) is 0. The molecule has 1 atom stereocenters. The van der Waals surface area contributed by atoms with Crippen LogP contribution in [0.3, 0.4) is 0 Å². The normalized spacial score (nSPS) is 21.7. The molecule has 0 unspecified atom stereocenters. The number of aromatic nitrogens is 4. The average Bonchev–Trinajstić information content (AvgIpc) is 3.57. The van der Waals surface area contributed by atoms with Crippen molar-refractivity contribution in [2.75, 3.05) is 44.2 Å². The van der Waals surface area contributed by atoms with Gasteiger partial charge in [-0.15, -0.1) is 10.2 Å². The van der Waals surface area contributed by atoms with Crippen molar-refractivity contribution in [3.63, 3.8) is 0 Å². The third-order valence-corrected chi connectivity index (χ3v) is 11.8. The van der Waals surface area contributed by atoms with Crippen molar-refractivity contribution in [2.45, 2.75) is 109 Å². The number of rotatable bonds is 10. The van der Waals surface area contributed by atoms with Gasteiger partial charge < -0.3 is 28.9 Å². The van der Waals surface area contributed by atoms with Crippen molar-refractivity contribution in [3.05, 3.63) is 59.4 Å². The van der Waals surface area contributed by atoms with Gasteiger partial charge in [-0.05, 0) is 84.1 Å². The smallest absolute Gasteiger partial charge is 0.410 e. The summed E-state index contributed by atoms with van der Waals surface area (Å²) in [7, 11) is 0. The Labute approximate surface area is 330 Å². The van der Waals surface area contributed by atoms with Crippen molar-refractivity contribution in [2.24, 2.45) is 11.3 Å². The van der Waals surface area contributed by atoms with Gasteiger partial charge in [0, 0.05) is 100 Å². The Morgan fingerprint density at radius 3 is 2.53 bits per heavy atom. The molecule has 306 valence electrons. The molecule has 2 aromatic heterocycles. The SMILES string of the molecule is CC(C)N(C(=O)c1cc(F)ccc1Oc1nncnc1N1CC2(CC(Oc3ccnc4c3CN(C[C@@H]3CCN(C(=O)OC(C)(C)C)C3)CC4)C2)C1)C1CC(F)(F)C1. The molecule has 8 rings (SSSR count). The number of halogens is 3. The Kier molecular flexibility index (Phi) is 10.2. The Hall–Kier alpha value is -4.73. The number of carbonyl (C=O) groups is 2. The second-order valence-corrected chi connectivity index (χ2v) is 17.9. The maximum Gasteiger partial charge on any atom is 0.410 e. The van der Waals surface area contributed by atoms with Crippen molar-refractivity contribution >= 4 is 17.8 Å². The van der Waals surface area contributed by atoms with Gasteiger partial charge in [0.25, 0.3) is 17.7 Å². The molecule has 0 N–H and O–H groups in total. The van der Waals surface area contributed by atoms with Crippen LogP contribution in [0.5, 0.6) is 17.4 Å². The third kappa shape index (κ3) is 8.33. The highest BCUT2D eigenvalue weighted by atomic mass is 19.3. The van der Waals surface area contributed by atoms with Crippen molar-refractivity contribution < 1.29 is 37.0 Å². The average molecular weight is 793 g/mol. The number of amides is 2. The first-order valence-electron chi connectivity index (χ1n) is 20.0. The van der Waals surface area contributed by atoms with Crippen molar-refractivity contribution in [1.82, 2.24) is 34.9 Å². The van der Waals surface area contributed by atoms with Gasteiger partial charge in [0.1, 0.15) is 35.3 Å². The van der Waals surface area contributed by atoms with E-state index in [1.807, 2.05) is 42.8 Å². The van der Waals surface area contributed by atoms with Crippen LogP contribution in [0.4, 0.5) is 23.8 Å². The molecule has 5 aliphatic rings. The highest BCUT2D eigenvalue weighted by molar-refractivity contribution is 5.97.